The van der Waals surface area contributed by atoms with Crippen molar-refractivity contribution >= 4 is 11.7 Å². The number of benzene rings is 1. The number of nitrogens with two attached hydrogens (primary N) is 1. The van der Waals surface area contributed by atoms with Gasteiger partial charge in [0.25, 0.3) is 0 Å². The molecule has 1 aliphatic rings. The number of rotatable bonds is 2. The minimum absolute atomic E-state index is 0.0102. The highest BCUT2D eigenvalue weighted by atomic mass is 16.6. The molecule has 0 radical (unpaired) electrons. The minimum Gasteiger partial charge on any atom is -0.460 e. The summed E-state index contributed by atoms with van der Waals surface area (Å²) in [7, 11) is 0. The fourth-order valence-corrected chi connectivity index (χ4v) is 1.99. The van der Waals surface area contributed by atoms with Gasteiger partial charge in [-0.3, -0.25) is 4.79 Å². The van der Waals surface area contributed by atoms with E-state index >= 15 is 0 Å². The first-order chi connectivity index (χ1) is 7.87. The summed E-state index contributed by atoms with van der Waals surface area (Å²) in [6, 6.07) is 7.74. The van der Waals surface area contributed by atoms with Crippen LogP contribution in [0.3, 0.4) is 0 Å². The van der Waals surface area contributed by atoms with Crippen molar-refractivity contribution in [3.05, 3.63) is 29.8 Å². The van der Waals surface area contributed by atoms with E-state index in [2.05, 4.69) is 0 Å². The fraction of sp³-hybridized carbons (Fsp3) is 0.500. The average Bonchev–Trinajstić information content (AvgIpc) is 2.94. The number of hydrogen-bond acceptors (Lipinski definition) is 3. The third kappa shape index (κ3) is 2.99. The Labute approximate surface area is 102 Å². The Bertz CT molecular complexity index is 434. The van der Waals surface area contributed by atoms with E-state index in [0.29, 0.717) is 0 Å². The zero-order valence-corrected chi connectivity index (χ0v) is 10.6. The first-order valence-electron chi connectivity index (χ1n) is 5.95. The van der Waals surface area contributed by atoms with Crippen molar-refractivity contribution in [3.8, 4) is 0 Å². The lowest BCUT2D eigenvalue weighted by molar-refractivity contribution is -0.156. The van der Waals surface area contributed by atoms with E-state index < -0.39 is 5.60 Å². The Hall–Kier alpha value is -1.51. The van der Waals surface area contributed by atoms with Crippen molar-refractivity contribution in [1.29, 1.82) is 0 Å². The lowest BCUT2D eigenvalue weighted by Crippen LogP contribution is -2.25. The van der Waals surface area contributed by atoms with Gasteiger partial charge in [0, 0.05) is 5.69 Å². The van der Waals surface area contributed by atoms with Crippen LogP contribution in [0.15, 0.2) is 24.3 Å². The van der Waals surface area contributed by atoms with Crippen molar-refractivity contribution in [2.24, 2.45) is 5.92 Å². The molecule has 0 heterocycles. The molecule has 0 aromatic heterocycles. The Morgan fingerprint density at radius 1 is 1.41 bits per heavy atom. The summed E-state index contributed by atoms with van der Waals surface area (Å²) in [6.07, 6.45) is 0.873. The summed E-state index contributed by atoms with van der Waals surface area (Å²) < 4.78 is 5.37. The van der Waals surface area contributed by atoms with Gasteiger partial charge in [0.15, 0.2) is 0 Å². The average molecular weight is 233 g/mol. The van der Waals surface area contributed by atoms with Crippen molar-refractivity contribution in [3.63, 3.8) is 0 Å². The van der Waals surface area contributed by atoms with E-state index in [0.717, 1.165) is 17.7 Å². The molecule has 2 N–H and O–H groups in total. The van der Waals surface area contributed by atoms with Crippen LogP contribution in [-0.4, -0.2) is 11.6 Å². The molecule has 0 amide bonds. The first kappa shape index (κ1) is 12.0. The van der Waals surface area contributed by atoms with Crippen LogP contribution in [0.2, 0.25) is 0 Å². The number of carbonyl (C=O) groups excluding carboxylic acids is 1. The Kier molecular flexibility index (Phi) is 2.86. The Morgan fingerprint density at radius 3 is 2.71 bits per heavy atom. The summed E-state index contributed by atoms with van der Waals surface area (Å²) in [5.74, 6) is 0.203. The molecule has 0 spiro atoms. The third-order valence-electron chi connectivity index (χ3n) is 2.84. The smallest absolute Gasteiger partial charge is 0.310 e. The summed E-state index contributed by atoms with van der Waals surface area (Å²) in [6.45, 7) is 5.67. The van der Waals surface area contributed by atoms with Crippen LogP contribution >= 0.6 is 0 Å². The van der Waals surface area contributed by atoms with Gasteiger partial charge in [-0.15, -0.1) is 0 Å². The van der Waals surface area contributed by atoms with E-state index in [4.69, 9.17) is 10.5 Å². The molecule has 0 bridgehead atoms. The summed E-state index contributed by atoms with van der Waals surface area (Å²) in [5, 5.41) is 0. The molecule has 2 rings (SSSR count). The summed E-state index contributed by atoms with van der Waals surface area (Å²) in [4.78, 5) is 11.8. The maximum atomic E-state index is 11.8. The first-order valence-corrected chi connectivity index (χ1v) is 5.95. The highest BCUT2D eigenvalue weighted by Gasteiger charge is 2.46. The second-order valence-corrected chi connectivity index (χ2v) is 5.65. The largest absolute Gasteiger partial charge is 0.460 e. The maximum Gasteiger partial charge on any atom is 0.310 e. The van der Waals surface area contributed by atoms with Crippen LogP contribution in [-0.2, 0) is 9.53 Å². The number of hydrogen-bond donors (Lipinski definition) is 1. The molecule has 3 heteroatoms. The molecule has 2 atom stereocenters. The minimum atomic E-state index is -0.403. The normalized spacial score (nSPS) is 23.2. The zero-order chi connectivity index (χ0) is 12.6. The summed E-state index contributed by atoms with van der Waals surface area (Å²) in [5.41, 5.74) is 7.22. The maximum absolute atomic E-state index is 11.8. The van der Waals surface area contributed by atoms with Gasteiger partial charge in [-0.25, -0.2) is 0 Å². The number of nitrogen functional groups attached to an aromatic ring is 1. The topological polar surface area (TPSA) is 52.3 Å². The molecule has 0 saturated heterocycles. The second kappa shape index (κ2) is 4.06. The lowest BCUT2D eigenvalue weighted by atomic mass is 10.1. The van der Waals surface area contributed by atoms with Crippen LogP contribution in [0.25, 0.3) is 0 Å². The summed E-state index contributed by atoms with van der Waals surface area (Å²) >= 11 is 0. The van der Waals surface area contributed by atoms with Crippen molar-refractivity contribution in [2.45, 2.75) is 38.7 Å². The molecule has 3 nitrogen and oxygen atoms in total. The van der Waals surface area contributed by atoms with E-state index in [-0.39, 0.29) is 17.8 Å². The molecule has 17 heavy (non-hydrogen) atoms. The van der Waals surface area contributed by atoms with E-state index in [1.165, 1.54) is 0 Å². The monoisotopic (exact) mass is 233 g/mol. The van der Waals surface area contributed by atoms with Crippen LogP contribution in [0.5, 0.6) is 0 Å². The van der Waals surface area contributed by atoms with Gasteiger partial charge in [-0.1, -0.05) is 12.1 Å². The molecule has 1 aromatic rings. The van der Waals surface area contributed by atoms with E-state index in [1.807, 2.05) is 45.0 Å². The Balaban J connectivity index is 1.99. The SMILES string of the molecule is CC(C)(C)OC(=O)C1CC1c1cccc(N)c1. The van der Waals surface area contributed by atoms with Gasteiger partial charge in [-0.2, -0.15) is 0 Å². The standard InChI is InChI=1S/C14H19NO2/c1-14(2,3)17-13(16)12-8-11(12)9-5-4-6-10(15)7-9/h4-7,11-12H,8,15H2,1-3H3. The van der Waals surface area contributed by atoms with E-state index in [9.17, 15) is 4.79 Å². The molecular formula is C14H19NO2. The van der Waals surface area contributed by atoms with Crippen LogP contribution in [0.1, 0.15) is 38.7 Å². The number of ether oxygens (including phenoxy) is 1. The highest BCUT2D eigenvalue weighted by molar-refractivity contribution is 5.78. The fourth-order valence-electron chi connectivity index (χ4n) is 1.99. The van der Waals surface area contributed by atoms with Crippen molar-refractivity contribution < 1.29 is 9.53 Å². The molecule has 1 aliphatic carbocycles. The van der Waals surface area contributed by atoms with Gasteiger partial charge in [0.05, 0.1) is 5.92 Å². The molecule has 1 saturated carbocycles. The van der Waals surface area contributed by atoms with Gasteiger partial charge in [0.1, 0.15) is 5.60 Å². The predicted molar refractivity (Wildman–Crippen MR) is 67.5 cm³/mol. The Morgan fingerprint density at radius 2 is 2.12 bits per heavy atom. The second-order valence-electron chi connectivity index (χ2n) is 5.65. The molecular weight excluding hydrogens is 214 g/mol. The van der Waals surface area contributed by atoms with Gasteiger partial charge < -0.3 is 10.5 Å². The van der Waals surface area contributed by atoms with Crippen LogP contribution in [0.4, 0.5) is 5.69 Å². The predicted octanol–water partition coefficient (Wildman–Crippen LogP) is 2.71. The molecule has 2 unspecified atom stereocenters. The van der Waals surface area contributed by atoms with Crippen LogP contribution in [0, 0.1) is 5.92 Å². The van der Waals surface area contributed by atoms with Crippen molar-refractivity contribution in [2.75, 3.05) is 5.73 Å². The number of carbonyl (C=O) groups is 1. The molecule has 1 fully saturated rings. The number of esters is 1. The highest BCUT2D eigenvalue weighted by Crippen LogP contribution is 2.48. The molecule has 92 valence electrons. The molecule has 1 aromatic carbocycles. The van der Waals surface area contributed by atoms with Gasteiger partial charge >= 0.3 is 5.97 Å². The van der Waals surface area contributed by atoms with Gasteiger partial charge in [0.2, 0.25) is 0 Å². The third-order valence-corrected chi connectivity index (χ3v) is 2.84. The van der Waals surface area contributed by atoms with E-state index in [1.54, 1.807) is 0 Å². The van der Waals surface area contributed by atoms with Gasteiger partial charge in [-0.05, 0) is 50.8 Å². The number of anilines is 1. The van der Waals surface area contributed by atoms with Crippen molar-refractivity contribution in [1.82, 2.24) is 0 Å². The zero-order valence-electron chi connectivity index (χ0n) is 10.6. The quantitative estimate of drug-likeness (QED) is 0.631. The lowest BCUT2D eigenvalue weighted by Gasteiger charge is -2.19. The molecule has 0 aliphatic heterocycles. The van der Waals surface area contributed by atoms with Crippen LogP contribution < -0.4 is 5.73 Å².